The van der Waals surface area contributed by atoms with Crippen molar-refractivity contribution in [2.24, 2.45) is 5.73 Å². The number of hydrogen-bond acceptors (Lipinski definition) is 4. The van der Waals surface area contributed by atoms with Crippen molar-refractivity contribution in [3.05, 3.63) is 48.3 Å². The lowest BCUT2D eigenvalue weighted by Gasteiger charge is -2.17. The number of aliphatic hydroxyl groups excluding tert-OH is 1. The Morgan fingerprint density at radius 3 is 2.57 bits per heavy atom. The molecule has 0 spiro atoms. The highest BCUT2D eigenvalue weighted by Gasteiger charge is 2.23. The third-order valence-electron chi connectivity index (χ3n) is 2.73. The number of benzene rings is 1. The lowest BCUT2D eigenvalue weighted by Crippen LogP contribution is -2.44. The maximum absolute atomic E-state index is 11.7. The molecule has 2 aromatic rings. The van der Waals surface area contributed by atoms with Crippen LogP contribution >= 0.6 is 24.8 Å². The molecule has 5 N–H and O–H groups in total. The third kappa shape index (κ3) is 5.73. The quantitative estimate of drug-likeness (QED) is 0.658. The summed E-state index contributed by atoms with van der Waals surface area (Å²) >= 11 is 0. The van der Waals surface area contributed by atoms with Gasteiger partial charge < -0.3 is 15.8 Å². The Labute approximate surface area is 135 Å². The lowest BCUT2D eigenvalue weighted by atomic mass is 10.0. The number of nitrogens with one attached hydrogen (secondary N) is 2. The van der Waals surface area contributed by atoms with Crippen molar-refractivity contribution in [1.29, 1.82) is 0 Å². The predicted octanol–water partition coefficient (Wildman–Crippen LogP) is 1.12. The van der Waals surface area contributed by atoms with Crippen LogP contribution in [0.3, 0.4) is 0 Å². The number of imidazole rings is 1. The van der Waals surface area contributed by atoms with Crippen LogP contribution in [-0.2, 0) is 11.2 Å². The molecule has 1 amide bonds. The number of amides is 1. The van der Waals surface area contributed by atoms with E-state index in [4.69, 9.17) is 5.73 Å². The molecule has 2 rings (SSSR count). The summed E-state index contributed by atoms with van der Waals surface area (Å²) in [5, 5.41) is 12.3. The second-order valence-electron chi connectivity index (χ2n) is 4.23. The number of H-pyrrole nitrogens is 1. The number of halogens is 2. The van der Waals surface area contributed by atoms with E-state index >= 15 is 0 Å². The van der Waals surface area contributed by atoms with Gasteiger partial charge in [-0.3, -0.25) is 10.1 Å². The molecule has 8 heteroatoms. The van der Waals surface area contributed by atoms with Gasteiger partial charge in [-0.1, -0.05) is 30.3 Å². The minimum absolute atomic E-state index is 0. The molecular weight excluding hydrogens is 315 g/mol. The summed E-state index contributed by atoms with van der Waals surface area (Å²) in [6.07, 6.45) is 2.22. The molecule has 0 radical (unpaired) electrons. The van der Waals surface area contributed by atoms with Crippen LogP contribution in [0.4, 0.5) is 5.95 Å². The molecule has 0 bridgehead atoms. The fraction of sp³-hybridized carbons (Fsp3) is 0.231. The van der Waals surface area contributed by atoms with Crippen molar-refractivity contribution in [2.45, 2.75) is 18.6 Å². The fourth-order valence-electron chi connectivity index (χ4n) is 1.72. The summed E-state index contributed by atoms with van der Waals surface area (Å²) in [6, 6.07) is 8.80. The predicted molar refractivity (Wildman–Crippen MR) is 85.8 cm³/mol. The lowest BCUT2D eigenvalue weighted by molar-refractivity contribution is -0.124. The number of aromatic amines is 1. The first-order chi connectivity index (χ1) is 9.16. The summed E-state index contributed by atoms with van der Waals surface area (Å²) in [5.74, 6) is -0.283. The van der Waals surface area contributed by atoms with E-state index in [1.165, 1.54) is 6.20 Å². The van der Waals surface area contributed by atoms with Gasteiger partial charge in [-0.2, -0.15) is 0 Å². The number of nitrogens with two attached hydrogens (primary N) is 1. The average molecular weight is 333 g/mol. The second-order valence-corrected chi connectivity index (χ2v) is 4.23. The highest BCUT2D eigenvalue weighted by molar-refractivity contribution is 5.93. The number of carbonyl (C=O) groups excluding carboxylic acids is 1. The molecule has 1 heterocycles. The van der Waals surface area contributed by atoms with Gasteiger partial charge in [0.15, 0.2) is 0 Å². The Balaban J connectivity index is 0.00000200. The van der Waals surface area contributed by atoms with Crippen molar-refractivity contribution in [3.8, 4) is 0 Å². The van der Waals surface area contributed by atoms with Crippen LogP contribution in [0.2, 0.25) is 0 Å². The molecule has 0 saturated heterocycles. The first-order valence-electron chi connectivity index (χ1n) is 5.94. The molecule has 0 aliphatic carbocycles. The van der Waals surface area contributed by atoms with Crippen molar-refractivity contribution in [1.82, 2.24) is 9.97 Å². The van der Waals surface area contributed by atoms with Crippen LogP contribution in [0.5, 0.6) is 0 Å². The van der Waals surface area contributed by atoms with Crippen LogP contribution in [0.1, 0.15) is 5.56 Å². The van der Waals surface area contributed by atoms with Crippen molar-refractivity contribution in [2.75, 3.05) is 5.32 Å². The zero-order valence-electron chi connectivity index (χ0n) is 11.1. The molecule has 1 aromatic heterocycles. The van der Waals surface area contributed by atoms with E-state index < -0.39 is 18.1 Å². The zero-order chi connectivity index (χ0) is 13.7. The monoisotopic (exact) mass is 332 g/mol. The van der Waals surface area contributed by atoms with Crippen LogP contribution in [-0.4, -0.2) is 33.1 Å². The number of aliphatic hydroxyl groups is 1. The van der Waals surface area contributed by atoms with Crippen LogP contribution in [0.25, 0.3) is 0 Å². The van der Waals surface area contributed by atoms with E-state index in [1.54, 1.807) is 6.20 Å². The molecule has 21 heavy (non-hydrogen) atoms. The molecule has 0 saturated carbocycles. The molecule has 0 aliphatic heterocycles. The van der Waals surface area contributed by atoms with E-state index in [0.717, 1.165) is 5.56 Å². The highest BCUT2D eigenvalue weighted by atomic mass is 35.5. The molecular formula is C13H18Cl2N4O2. The summed E-state index contributed by atoms with van der Waals surface area (Å²) in [6.45, 7) is 0. The third-order valence-corrected chi connectivity index (χ3v) is 2.73. The van der Waals surface area contributed by atoms with Crippen molar-refractivity contribution >= 4 is 36.7 Å². The topological polar surface area (TPSA) is 104 Å². The highest BCUT2D eigenvalue weighted by Crippen LogP contribution is 2.06. The van der Waals surface area contributed by atoms with Gasteiger partial charge in [0, 0.05) is 18.4 Å². The number of hydrogen-bond donors (Lipinski definition) is 4. The Morgan fingerprint density at radius 1 is 1.33 bits per heavy atom. The molecule has 1 aromatic carbocycles. The van der Waals surface area contributed by atoms with Crippen molar-refractivity contribution in [3.63, 3.8) is 0 Å². The van der Waals surface area contributed by atoms with Crippen LogP contribution in [0, 0.1) is 0 Å². The largest absolute Gasteiger partial charge is 0.382 e. The van der Waals surface area contributed by atoms with E-state index in [9.17, 15) is 9.90 Å². The first-order valence-corrected chi connectivity index (χ1v) is 5.94. The summed E-state index contributed by atoms with van der Waals surface area (Å²) in [5.41, 5.74) is 6.81. The number of nitrogens with zero attached hydrogens (tertiary/aromatic N) is 1. The van der Waals surface area contributed by atoms with Gasteiger partial charge in [-0.05, 0) is 12.0 Å². The SMILES string of the molecule is Cl.Cl.N[C@@H](Cc1ccccc1)[C@@H](O)C(=O)Nc1ncc[nH]1. The average Bonchev–Trinajstić information content (AvgIpc) is 2.91. The first kappa shape index (κ1) is 19.4. The Hall–Kier alpha value is -1.60. The Morgan fingerprint density at radius 2 is 2.00 bits per heavy atom. The Kier molecular flexibility index (Phi) is 8.64. The smallest absolute Gasteiger partial charge is 0.257 e. The maximum atomic E-state index is 11.7. The van der Waals surface area contributed by atoms with Gasteiger partial charge >= 0.3 is 0 Å². The van der Waals surface area contributed by atoms with Gasteiger partial charge in [0.05, 0.1) is 0 Å². The minimum atomic E-state index is -1.29. The summed E-state index contributed by atoms with van der Waals surface area (Å²) < 4.78 is 0. The maximum Gasteiger partial charge on any atom is 0.257 e. The summed E-state index contributed by atoms with van der Waals surface area (Å²) in [4.78, 5) is 18.3. The van der Waals surface area contributed by atoms with Gasteiger partial charge in [0.25, 0.3) is 5.91 Å². The number of rotatable bonds is 5. The van der Waals surface area contributed by atoms with Crippen LogP contribution < -0.4 is 11.1 Å². The standard InChI is InChI=1S/C13H16N4O2.2ClH/c14-10(8-9-4-2-1-3-5-9)11(18)12(19)17-13-15-6-7-16-13;;/h1-7,10-11,18H,8,14H2,(H2,15,16,17,19);2*1H/t10-,11+;;/m0../s1. The molecule has 6 nitrogen and oxygen atoms in total. The Bertz CT molecular complexity index is 522. The molecule has 0 aliphatic rings. The van der Waals surface area contributed by atoms with E-state index in [0.29, 0.717) is 6.42 Å². The molecule has 116 valence electrons. The van der Waals surface area contributed by atoms with Gasteiger partial charge in [-0.15, -0.1) is 24.8 Å². The van der Waals surface area contributed by atoms with E-state index in [-0.39, 0.29) is 30.8 Å². The van der Waals surface area contributed by atoms with Gasteiger partial charge in [0.2, 0.25) is 5.95 Å². The van der Waals surface area contributed by atoms with E-state index in [2.05, 4.69) is 15.3 Å². The molecule has 0 fully saturated rings. The molecule has 2 atom stereocenters. The second kappa shape index (κ2) is 9.36. The number of anilines is 1. The molecule has 0 unspecified atom stereocenters. The number of aromatic nitrogens is 2. The normalized spacial score (nSPS) is 12.5. The van der Waals surface area contributed by atoms with Gasteiger partial charge in [-0.25, -0.2) is 4.98 Å². The fourth-order valence-corrected chi connectivity index (χ4v) is 1.72. The van der Waals surface area contributed by atoms with E-state index in [1.807, 2.05) is 30.3 Å². The summed E-state index contributed by atoms with van der Waals surface area (Å²) in [7, 11) is 0. The van der Waals surface area contributed by atoms with Crippen LogP contribution in [0.15, 0.2) is 42.7 Å². The van der Waals surface area contributed by atoms with Gasteiger partial charge in [0.1, 0.15) is 6.10 Å². The minimum Gasteiger partial charge on any atom is -0.382 e. The van der Waals surface area contributed by atoms with Crippen molar-refractivity contribution < 1.29 is 9.90 Å². The number of carbonyl (C=O) groups is 1. The zero-order valence-corrected chi connectivity index (χ0v) is 12.7.